The van der Waals surface area contributed by atoms with E-state index in [0.29, 0.717) is 5.69 Å². The van der Waals surface area contributed by atoms with Gasteiger partial charge < -0.3 is 9.88 Å². The van der Waals surface area contributed by atoms with E-state index < -0.39 is 23.1 Å². The van der Waals surface area contributed by atoms with Crippen molar-refractivity contribution in [3.63, 3.8) is 0 Å². The number of carbonyl (C=O) groups excluding carboxylic acids is 1. The monoisotopic (exact) mass is 390 g/mol. The van der Waals surface area contributed by atoms with Gasteiger partial charge in [-0.15, -0.1) is 0 Å². The van der Waals surface area contributed by atoms with Crippen molar-refractivity contribution in [1.82, 2.24) is 14.5 Å². The zero-order chi connectivity index (χ0) is 20.4. The fourth-order valence-electron chi connectivity index (χ4n) is 3.03. The first-order chi connectivity index (χ1) is 14.0. The summed E-state index contributed by atoms with van der Waals surface area (Å²) in [6.07, 6.45) is 4.83. The van der Waals surface area contributed by atoms with Crippen LogP contribution in [0.3, 0.4) is 0 Å². The summed E-state index contributed by atoms with van der Waals surface area (Å²) >= 11 is 0. The Hall–Kier alpha value is -3.87. The third-order valence-corrected chi connectivity index (χ3v) is 4.46. The van der Waals surface area contributed by atoms with E-state index in [0.717, 1.165) is 29.0 Å². The van der Waals surface area contributed by atoms with Crippen molar-refractivity contribution in [3.8, 4) is 22.5 Å². The molecule has 4 aromatic rings. The number of halogens is 2. The highest BCUT2D eigenvalue weighted by Gasteiger charge is 2.18. The van der Waals surface area contributed by atoms with Crippen LogP contribution in [0.25, 0.3) is 22.5 Å². The maximum Gasteiger partial charge on any atom is 0.262 e. The third-order valence-electron chi connectivity index (χ3n) is 4.46. The van der Waals surface area contributed by atoms with E-state index in [1.54, 1.807) is 0 Å². The first-order valence-corrected chi connectivity index (χ1v) is 8.82. The van der Waals surface area contributed by atoms with Crippen LogP contribution in [-0.4, -0.2) is 20.4 Å². The number of anilines is 1. The van der Waals surface area contributed by atoms with Crippen molar-refractivity contribution in [2.45, 2.75) is 0 Å². The molecule has 0 bridgehead atoms. The van der Waals surface area contributed by atoms with Gasteiger partial charge in [-0.05, 0) is 23.8 Å². The summed E-state index contributed by atoms with van der Waals surface area (Å²) < 4.78 is 29.4. The number of carbonyl (C=O) groups is 1. The van der Waals surface area contributed by atoms with Gasteiger partial charge in [-0.2, -0.15) is 0 Å². The van der Waals surface area contributed by atoms with E-state index in [-0.39, 0.29) is 5.82 Å². The van der Waals surface area contributed by atoms with Crippen LogP contribution in [0.5, 0.6) is 0 Å². The molecule has 2 aromatic carbocycles. The SMILES string of the molecule is Cn1cc(-c2ccccc2)cc1-c1cnc(NC(=O)c2c(F)cccc2F)cn1. The van der Waals surface area contributed by atoms with Gasteiger partial charge in [0.25, 0.3) is 5.91 Å². The fraction of sp³-hybridized carbons (Fsp3) is 0.0455. The highest BCUT2D eigenvalue weighted by molar-refractivity contribution is 6.04. The average Bonchev–Trinajstić information content (AvgIpc) is 3.11. The molecule has 5 nitrogen and oxygen atoms in total. The molecule has 0 aliphatic carbocycles. The molecule has 0 radical (unpaired) electrons. The second kappa shape index (κ2) is 7.63. The summed E-state index contributed by atoms with van der Waals surface area (Å²) in [5.74, 6) is -2.71. The maximum absolute atomic E-state index is 13.7. The summed E-state index contributed by atoms with van der Waals surface area (Å²) in [6, 6.07) is 15.2. The van der Waals surface area contributed by atoms with E-state index in [1.165, 1.54) is 18.5 Å². The van der Waals surface area contributed by atoms with Gasteiger partial charge in [-0.25, -0.2) is 18.7 Å². The Labute approximate surface area is 165 Å². The average molecular weight is 390 g/mol. The zero-order valence-electron chi connectivity index (χ0n) is 15.4. The molecule has 144 valence electrons. The van der Waals surface area contributed by atoms with Crippen molar-refractivity contribution in [2.75, 3.05) is 5.32 Å². The molecule has 0 saturated carbocycles. The highest BCUT2D eigenvalue weighted by atomic mass is 19.1. The van der Waals surface area contributed by atoms with Gasteiger partial charge >= 0.3 is 0 Å². The number of nitrogens with one attached hydrogen (secondary N) is 1. The molecule has 0 aliphatic rings. The molecule has 0 aliphatic heterocycles. The Morgan fingerprint density at radius 1 is 0.931 bits per heavy atom. The number of aryl methyl sites for hydroxylation is 1. The summed E-state index contributed by atoms with van der Waals surface area (Å²) in [4.78, 5) is 20.6. The van der Waals surface area contributed by atoms with Crippen LogP contribution in [0.2, 0.25) is 0 Å². The molecular weight excluding hydrogens is 374 g/mol. The van der Waals surface area contributed by atoms with Crippen molar-refractivity contribution in [3.05, 3.63) is 90.4 Å². The van der Waals surface area contributed by atoms with E-state index in [1.807, 2.05) is 54.2 Å². The Bertz CT molecular complexity index is 1150. The molecule has 29 heavy (non-hydrogen) atoms. The first-order valence-electron chi connectivity index (χ1n) is 8.82. The molecule has 0 fully saturated rings. The largest absolute Gasteiger partial charge is 0.349 e. The van der Waals surface area contributed by atoms with Gasteiger partial charge in [-0.3, -0.25) is 4.79 Å². The Morgan fingerprint density at radius 3 is 2.31 bits per heavy atom. The number of rotatable bonds is 4. The molecule has 1 N–H and O–H groups in total. The van der Waals surface area contributed by atoms with Crippen LogP contribution < -0.4 is 5.32 Å². The second-order valence-corrected chi connectivity index (χ2v) is 6.43. The lowest BCUT2D eigenvalue weighted by Crippen LogP contribution is -2.16. The minimum atomic E-state index is -0.940. The second-order valence-electron chi connectivity index (χ2n) is 6.43. The van der Waals surface area contributed by atoms with Gasteiger partial charge in [0.1, 0.15) is 22.9 Å². The van der Waals surface area contributed by atoms with Crippen molar-refractivity contribution in [2.24, 2.45) is 7.05 Å². The summed E-state index contributed by atoms with van der Waals surface area (Å²) in [6.45, 7) is 0. The molecule has 7 heteroatoms. The first kappa shape index (κ1) is 18.5. The summed E-state index contributed by atoms with van der Waals surface area (Å²) in [5, 5.41) is 2.36. The minimum Gasteiger partial charge on any atom is -0.349 e. The number of hydrogen-bond donors (Lipinski definition) is 1. The number of hydrogen-bond acceptors (Lipinski definition) is 3. The molecule has 2 heterocycles. The van der Waals surface area contributed by atoms with Gasteiger partial charge in [0.05, 0.1) is 18.1 Å². The molecule has 1 amide bonds. The fourth-order valence-corrected chi connectivity index (χ4v) is 3.03. The highest BCUT2D eigenvalue weighted by Crippen LogP contribution is 2.26. The van der Waals surface area contributed by atoms with Gasteiger partial charge in [0, 0.05) is 18.8 Å². The van der Waals surface area contributed by atoms with Gasteiger partial charge in [0.2, 0.25) is 0 Å². The molecule has 0 spiro atoms. The molecular formula is C22H16F2N4O. The Balaban J connectivity index is 1.56. The van der Waals surface area contributed by atoms with Gasteiger partial charge in [0.15, 0.2) is 5.82 Å². The van der Waals surface area contributed by atoms with Crippen LogP contribution in [-0.2, 0) is 7.05 Å². The predicted molar refractivity (Wildman–Crippen MR) is 106 cm³/mol. The van der Waals surface area contributed by atoms with Crippen molar-refractivity contribution >= 4 is 11.7 Å². The number of benzene rings is 2. The van der Waals surface area contributed by atoms with Crippen LogP contribution in [0, 0.1) is 11.6 Å². The quantitative estimate of drug-likeness (QED) is 0.550. The van der Waals surface area contributed by atoms with E-state index in [2.05, 4.69) is 15.3 Å². The van der Waals surface area contributed by atoms with Gasteiger partial charge in [-0.1, -0.05) is 36.4 Å². The minimum absolute atomic E-state index is 0.0962. The van der Waals surface area contributed by atoms with Crippen molar-refractivity contribution < 1.29 is 13.6 Å². The normalized spacial score (nSPS) is 10.7. The predicted octanol–water partition coefficient (Wildman–Crippen LogP) is 4.68. The molecule has 0 atom stereocenters. The molecule has 2 aromatic heterocycles. The number of aromatic nitrogens is 3. The lowest BCUT2D eigenvalue weighted by molar-refractivity contribution is 0.101. The lowest BCUT2D eigenvalue weighted by atomic mass is 10.1. The van der Waals surface area contributed by atoms with Crippen molar-refractivity contribution in [1.29, 1.82) is 0 Å². The standard InChI is InChI=1S/C22H16F2N4O/c1-28-13-15(14-6-3-2-4-7-14)10-19(28)18-11-26-20(12-25-18)27-22(29)21-16(23)8-5-9-17(21)24/h2-13H,1H3,(H,26,27,29). The summed E-state index contributed by atoms with van der Waals surface area (Å²) in [7, 11) is 1.90. The third kappa shape index (κ3) is 3.75. The van der Waals surface area contributed by atoms with Crippen LogP contribution in [0.1, 0.15) is 10.4 Å². The van der Waals surface area contributed by atoms with E-state index in [9.17, 15) is 13.6 Å². The number of amides is 1. The zero-order valence-corrected chi connectivity index (χ0v) is 15.4. The van der Waals surface area contributed by atoms with Crippen LogP contribution in [0.4, 0.5) is 14.6 Å². The molecule has 0 saturated heterocycles. The molecule has 0 unspecified atom stereocenters. The smallest absolute Gasteiger partial charge is 0.262 e. The van der Waals surface area contributed by atoms with E-state index in [4.69, 9.17) is 0 Å². The number of nitrogens with zero attached hydrogens (tertiary/aromatic N) is 3. The summed E-state index contributed by atoms with van der Waals surface area (Å²) in [5.41, 5.74) is 2.91. The van der Waals surface area contributed by atoms with Crippen LogP contribution in [0.15, 0.2) is 73.2 Å². The Morgan fingerprint density at radius 2 is 1.66 bits per heavy atom. The molecule has 4 rings (SSSR count). The lowest BCUT2D eigenvalue weighted by Gasteiger charge is -2.07. The topological polar surface area (TPSA) is 59.8 Å². The maximum atomic E-state index is 13.7. The van der Waals surface area contributed by atoms with E-state index >= 15 is 0 Å². The Kier molecular flexibility index (Phi) is 4.87. The van der Waals surface area contributed by atoms with Crippen LogP contribution >= 0.6 is 0 Å².